The molecule has 98 valence electrons. The molecule has 2 rings (SSSR count). The maximum atomic E-state index is 12.0. The van der Waals surface area contributed by atoms with E-state index in [2.05, 4.69) is 10.2 Å². The van der Waals surface area contributed by atoms with Gasteiger partial charge >= 0.3 is 0 Å². The number of nitrogens with zero attached hydrogens (tertiary/aromatic N) is 1. The second-order valence-electron chi connectivity index (χ2n) is 5.05. The van der Waals surface area contributed by atoms with E-state index >= 15 is 0 Å². The van der Waals surface area contributed by atoms with Gasteiger partial charge in [0.2, 0.25) is 5.91 Å². The van der Waals surface area contributed by atoms with E-state index in [-0.39, 0.29) is 11.3 Å². The third-order valence-corrected chi connectivity index (χ3v) is 4.94. The number of hydrogen-bond acceptors (Lipinski definition) is 4. The van der Waals surface area contributed by atoms with E-state index < -0.39 is 0 Å². The largest absolute Gasteiger partial charge is 0.354 e. The summed E-state index contributed by atoms with van der Waals surface area (Å²) in [5.41, 5.74) is 5.49. The van der Waals surface area contributed by atoms with Gasteiger partial charge in [-0.2, -0.15) is 11.8 Å². The summed E-state index contributed by atoms with van der Waals surface area (Å²) in [6.07, 6.45) is 3.08. The monoisotopic (exact) mass is 257 g/mol. The number of rotatable bonds is 5. The second-order valence-corrected chi connectivity index (χ2v) is 6.27. The lowest BCUT2D eigenvalue weighted by Crippen LogP contribution is -2.51. The van der Waals surface area contributed by atoms with E-state index in [4.69, 9.17) is 5.73 Å². The number of thioether (sulfide) groups is 1. The van der Waals surface area contributed by atoms with Crippen LogP contribution in [0.1, 0.15) is 19.3 Å². The van der Waals surface area contributed by atoms with Crippen LogP contribution in [-0.4, -0.2) is 55.0 Å². The summed E-state index contributed by atoms with van der Waals surface area (Å²) in [5, 5.41) is 3.06. The maximum Gasteiger partial charge on any atom is 0.227 e. The van der Waals surface area contributed by atoms with Crippen LogP contribution in [0.15, 0.2) is 0 Å². The molecule has 1 saturated heterocycles. The number of carbonyl (C=O) groups is 1. The smallest absolute Gasteiger partial charge is 0.227 e. The summed E-state index contributed by atoms with van der Waals surface area (Å²) in [4.78, 5) is 14.4. The first kappa shape index (κ1) is 13.2. The first-order chi connectivity index (χ1) is 8.27. The average Bonchev–Trinajstić information content (AvgIpc) is 2.30. The summed E-state index contributed by atoms with van der Waals surface area (Å²) in [5.74, 6) is 2.62. The molecule has 1 saturated carbocycles. The van der Waals surface area contributed by atoms with Gasteiger partial charge in [-0.15, -0.1) is 0 Å². The van der Waals surface area contributed by atoms with Crippen molar-refractivity contribution in [1.29, 1.82) is 0 Å². The van der Waals surface area contributed by atoms with E-state index in [1.54, 1.807) is 0 Å². The summed E-state index contributed by atoms with van der Waals surface area (Å²) in [6.45, 7) is 4.56. The Hall–Kier alpha value is -0.260. The Morgan fingerprint density at radius 3 is 2.59 bits per heavy atom. The fourth-order valence-corrected chi connectivity index (χ4v) is 3.45. The van der Waals surface area contributed by atoms with Gasteiger partial charge in [0.15, 0.2) is 0 Å². The summed E-state index contributed by atoms with van der Waals surface area (Å²) in [7, 11) is 0. The molecule has 0 aromatic heterocycles. The Labute approximate surface area is 108 Å². The molecule has 0 aromatic rings. The minimum absolute atomic E-state index is 0.178. The average molecular weight is 257 g/mol. The predicted octanol–water partition coefficient (Wildman–Crippen LogP) is 0.280. The van der Waals surface area contributed by atoms with Gasteiger partial charge in [-0.05, 0) is 12.8 Å². The van der Waals surface area contributed by atoms with E-state index in [9.17, 15) is 4.79 Å². The molecule has 4 nitrogen and oxygen atoms in total. The van der Waals surface area contributed by atoms with Crippen molar-refractivity contribution >= 4 is 17.7 Å². The van der Waals surface area contributed by atoms with Crippen LogP contribution in [0.5, 0.6) is 0 Å². The van der Waals surface area contributed by atoms with Crippen LogP contribution in [0.25, 0.3) is 0 Å². The molecule has 1 amide bonds. The van der Waals surface area contributed by atoms with Gasteiger partial charge in [0.05, 0.1) is 5.41 Å². The topological polar surface area (TPSA) is 58.4 Å². The molecule has 3 N–H and O–H groups in total. The van der Waals surface area contributed by atoms with Crippen molar-refractivity contribution in [3.05, 3.63) is 0 Å². The van der Waals surface area contributed by atoms with Gasteiger partial charge < -0.3 is 11.1 Å². The molecule has 2 aliphatic rings. The number of nitrogens with one attached hydrogen (secondary N) is 1. The van der Waals surface area contributed by atoms with Crippen LogP contribution in [0.2, 0.25) is 0 Å². The molecule has 0 spiro atoms. The molecule has 0 atom stereocenters. The first-order valence-corrected chi connectivity index (χ1v) is 7.71. The van der Waals surface area contributed by atoms with Crippen molar-refractivity contribution in [1.82, 2.24) is 10.2 Å². The SMILES string of the molecule is NCC1(C(=O)NCCN2CCSCC2)CCC1. The van der Waals surface area contributed by atoms with E-state index in [1.165, 1.54) is 11.5 Å². The minimum atomic E-state index is -0.224. The lowest BCUT2D eigenvalue weighted by molar-refractivity contribution is -0.135. The molecule has 1 heterocycles. The predicted molar refractivity (Wildman–Crippen MR) is 72.1 cm³/mol. The Kier molecular flexibility index (Phi) is 4.70. The zero-order chi connectivity index (χ0) is 12.1. The third kappa shape index (κ3) is 3.14. The molecule has 0 radical (unpaired) electrons. The number of nitrogens with two attached hydrogens (primary N) is 1. The van der Waals surface area contributed by atoms with Gasteiger partial charge in [-0.1, -0.05) is 6.42 Å². The lowest BCUT2D eigenvalue weighted by atomic mass is 9.68. The Balaban J connectivity index is 1.65. The third-order valence-electron chi connectivity index (χ3n) is 4.00. The van der Waals surface area contributed by atoms with Crippen LogP contribution in [0.4, 0.5) is 0 Å². The number of hydrogen-bond donors (Lipinski definition) is 2. The summed E-state index contributed by atoms with van der Waals surface area (Å²) >= 11 is 2.01. The van der Waals surface area contributed by atoms with Gasteiger partial charge in [-0.3, -0.25) is 9.69 Å². The highest BCUT2D eigenvalue weighted by Crippen LogP contribution is 2.39. The fourth-order valence-electron chi connectivity index (χ4n) is 2.47. The van der Waals surface area contributed by atoms with Crippen molar-refractivity contribution in [2.75, 3.05) is 44.2 Å². The number of amides is 1. The van der Waals surface area contributed by atoms with E-state index in [1.807, 2.05) is 11.8 Å². The van der Waals surface area contributed by atoms with Gasteiger partial charge in [0.25, 0.3) is 0 Å². The van der Waals surface area contributed by atoms with Crippen LogP contribution < -0.4 is 11.1 Å². The molecule has 5 heteroatoms. The standard InChI is InChI=1S/C12H23N3OS/c13-10-12(2-1-3-12)11(16)14-4-5-15-6-8-17-9-7-15/h1-10,13H2,(H,14,16). The highest BCUT2D eigenvalue weighted by molar-refractivity contribution is 7.99. The highest BCUT2D eigenvalue weighted by atomic mass is 32.2. The molecule has 1 aliphatic heterocycles. The van der Waals surface area contributed by atoms with Crippen molar-refractivity contribution in [3.8, 4) is 0 Å². The van der Waals surface area contributed by atoms with Gasteiger partial charge in [-0.25, -0.2) is 0 Å². The molecule has 0 aromatic carbocycles. The van der Waals surface area contributed by atoms with Crippen LogP contribution in [0.3, 0.4) is 0 Å². The zero-order valence-corrected chi connectivity index (χ0v) is 11.2. The summed E-state index contributed by atoms with van der Waals surface area (Å²) in [6, 6.07) is 0. The first-order valence-electron chi connectivity index (χ1n) is 6.55. The quantitative estimate of drug-likeness (QED) is 0.743. The van der Waals surface area contributed by atoms with Crippen LogP contribution >= 0.6 is 11.8 Å². The second kappa shape index (κ2) is 6.07. The summed E-state index contributed by atoms with van der Waals surface area (Å²) < 4.78 is 0. The van der Waals surface area contributed by atoms with Gasteiger partial charge in [0.1, 0.15) is 0 Å². The molecule has 17 heavy (non-hydrogen) atoms. The molecular weight excluding hydrogens is 234 g/mol. The molecule has 0 bridgehead atoms. The van der Waals surface area contributed by atoms with E-state index in [0.717, 1.165) is 45.4 Å². The van der Waals surface area contributed by atoms with Crippen LogP contribution in [-0.2, 0) is 4.79 Å². The zero-order valence-electron chi connectivity index (χ0n) is 10.4. The maximum absolute atomic E-state index is 12.0. The van der Waals surface area contributed by atoms with Crippen LogP contribution in [0, 0.1) is 5.41 Å². The minimum Gasteiger partial charge on any atom is -0.354 e. The van der Waals surface area contributed by atoms with E-state index in [0.29, 0.717) is 6.54 Å². The molecule has 0 unspecified atom stereocenters. The molecule has 1 aliphatic carbocycles. The van der Waals surface area contributed by atoms with Crippen molar-refractivity contribution in [2.45, 2.75) is 19.3 Å². The Morgan fingerprint density at radius 1 is 1.35 bits per heavy atom. The van der Waals surface area contributed by atoms with Gasteiger partial charge in [0, 0.05) is 44.2 Å². The lowest BCUT2D eigenvalue weighted by Gasteiger charge is -2.39. The highest BCUT2D eigenvalue weighted by Gasteiger charge is 2.42. The normalized spacial score (nSPS) is 24.1. The fraction of sp³-hybridized carbons (Fsp3) is 0.917. The Bertz CT molecular complexity index is 257. The number of carbonyl (C=O) groups excluding carboxylic acids is 1. The van der Waals surface area contributed by atoms with Crippen molar-refractivity contribution in [2.24, 2.45) is 11.1 Å². The Morgan fingerprint density at radius 2 is 2.06 bits per heavy atom. The molecular formula is C12H23N3OS. The van der Waals surface area contributed by atoms with Crippen molar-refractivity contribution < 1.29 is 4.79 Å². The molecule has 2 fully saturated rings. The van der Waals surface area contributed by atoms with Crippen molar-refractivity contribution in [3.63, 3.8) is 0 Å².